The van der Waals surface area contributed by atoms with E-state index >= 15 is 0 Å². The van der Waals surface area contributed by atoms with Gasteiger partial charge in [0.05, 0.1) is 36.6 Å². The van der Waals surface area contributed by atoms with Crippen molar-refractivity contribution in [3.05, 3.63) is 88.3 Å². The number of allylic oxidation sites excluding steroid dienone is 2. The molecule has 0 amide bonds. The molecule has 36 heavy (non-hydrogen) atoms. The van der Waals surface area contributed by atoms with Crippen LogP contribution in [0, 0.1) is 0 Å². The van der Waals surface area contributed by atoms with Gasteiger partial charge in [-0.15, -0.1) is 11.8 Å². The lowest BCUT2D eigenvalue weighted by Gasteiger charge is -2.30. The number of benzene rings is 2. The van der Waals surface area contributed by atoms with Gasteiger partial charge in [-0.2, -0.15) is 0 Å². The number of fused-ring (bicyclic) bond motifs is 2. The smallest absolute Gasteiger partial charge is 0.355 e. The first-order chi connectivity index (χ1) is 17.3. The number of alkyl halides is 1. The molecule has 0 bridgehead atoms. The molecule has 0 unspecified atom stereocenters. The molecule has 0 fully saturated rings. The molecule has 1 N–H and O–H groups in total. The number of carbonyl (C=O) groups excluding carboxylic acids is 4. The molecule has 1 heterocycles. The van der Waals surface area contributed by atoms with Gasteiger partial charge in [-0.05, 0) is 18.2 Å². The second-order valence-corrected chi connectivity index (χ2v) is 9.48. The average Bonchev–Trinajstić information content (AvgIpc) is 3.12. The highest BCUT2D eigenvalue weighted by Gasteiger charge is 2.39. The van der Waals surface area contributed by atoms with E-state index in [1.165, 1.54) is 67.4 Å². The number of ketones is 2. The third-order valence-electron chi connectivity index (χ3n) is 5.58. The molecule has 184 valence electrons. The van der Waals surface area contributed by atoms with Crippen molar-refractivity contribution in [1.82, 2.24) is 0 Å². The average molecular weight is 570 g/mol. The van der Waals surface area contributed by atoms with Gasteiger partial charge < -0.3 is 19.5 Å². The number of phenols is 1. The van der Waals surface area contributed by atoms with Gasteiger partial charge >= 0.3 is 11.9 Å². The molecule has 0 atom stereocenters. The molecular formula is C26H20BrNO7S. The number of hydrogen-bond donors (Lipinski definition) is 1. The van der Waals surface area contributed by atoms with Crippen LogP contribution >= 0.6 is 27.7 Å². The third-order valence-corrected chi connectivity index (χ3v) is 7.53. The Labute approximate surface area is 219 Å². The van der Waals surface area contributed by atoms with E-state index in [1.807, 2.05) is 0 Å². The first kappa shape index (κ1) is 25.5. The SMILES string of the molecule is COC(=O)C1=C(C(=O)OC)N(c2c(SCCBr)cc(O)c3c2C(=O)c2ccccc2C3=O)C=CC=C1. The van der Waals surface area contributed by atoms with Crippen LogP contribution < -0.4 is 4.90 Å². The normalized spacial score (nSPS) is 14.4. The lowest BCUT2D eigenvalue weighted by molar-refractivity contribution is -0.139. The second-order valence-electron chi connectivity index (χ2n) is 7.55. The van der Waals surface area contributed by atoms with E-state index in [4.69, 9.17) is 9.47 Å². The number of rotatable bonds is 6. The van der Waals surface area contributed by atoms with E-state index in [1.54, 1.807) is 18.2 Å². The number of aromatic hydroxyl groups is 1. The monoisotopic (exact) mass is 569 g/mol. The van der Waals surface area contributed by atoms with Gasteiger partial charge in [0.15, 0.2) is 11.6 Å². The van der Waals surface area contributed by atoms with Gasteiger partial charge in [-0.1, -0.05) is 46.3 Å². The summed E-state index contributed by atoms with van der Waals surface area (Å²) in [5.74, 6) is -2.49. The first-order valence-electron chi connectivity index (χ1n) is 10.7. The van der Waals surface area contributed by atoms with Gasteiger partial charge in [0.2, 0.25) is 0 Å². The Bertz CT molecular complexity index is 1390. The maximum absolute atomic E-state index is 13.8. The van der Waals surface area contributed by atoms with E-state index in [2.05, 4.69) is 15.9 Å². The van der Waals surface area contributed by atoms with E-state index in [0.29, 0.717) is 16.0 Å². The van der Waals surface area contributed by atoms with Crippen molar-refractivity contribution < 1.29 is 33.8 Å². The molecule has 10 heteroatoms. The molecule has 4 rings (SSSR count). The van der Waals surface area contributed by atoms with Crippen molar-refractivity contribution in [2.24, 2.45) is 0 Å². The Morgan fingerprint density at radius 1 is 1.00 bits per heavy atom. The summed E-state index contributed by atoms with van der Waals surface area (Å²) in [6.45, 7) is 0. The number of carbonyl (C=O) groups is 4. The molecule has 2 aromatic rings. The predicted molar refractivity (Wildman–Crippen MR) is 138 cm³/mol. The number of thioether (sulfide) groups is 1. The number of methoxy groups -OCH3 is 2. The molecule has 0 aromatic heterocycles. The van der Waals surface area contributed by atoms with Gasteiger partial charge in [0, 0.05) is 33.3 Å². The fraction of sp³-hybridized carbons (Fsp3) is 0.154. The highest BCUT2D eigenvalue weighted by atomic mass is 79.9. The number of ether oxygens (including phenoxy) is 2. The van der Waals surface area contributed by atoms with Crippen LogP contribution in [0.2, 0.25) is 0 Å². The third kappa shape index (κ3) is 4.27. The van der Waals surface area contributed by atoms with Crippen LogP contribution in [0.1, 0.15) is 31.8 Å². The number of halogens is 1. The number of hydrogen-bond acceptors (Lipinski definition) is 9. The van der Waals surface area contributed by atoms with Crippen LogP contribution in [-0.2, 0) is 19.1 Å². The maximum Gasteiger partial charge on any atom is 0.355 e. The zero-order valence-corrected chi connectivity index (χ0v) is 21.6. The summed E-state index contributed by atoms with van der Waals surface area (Å²) in [5.41, 5.74) is -0.0524. The summed E-state index contributed by atoms with van der Waals surface area (Å²) in [6, 6.07) is 7.73. The minimum Gasteiger partial charge on any atom is -0.507 e. The minimum atomic E-state index is -0.861. The largest absolute Gasteiger partial charge is 0.507 e. The fourth-order valence-electron chi connectivity index (χ4n) is 4.07. The molecule has 0 radical (unpaired) electrons. The van der Waals surface area contributed by atoms with Crippen molar-refractivity contribution in [2.45, 2.75) is 4.90 Å². The summed E-state index contributed by atoms with van der Waals surface area (Å²) in [7, 11) is 2.35. The standard InChI is InChI=1S/C26H20BrNO7S/c1-34-25(32)16-9-5-6-11-28(21(16)26(33)35-2)22-18(36-12-10-27)13-17(29)19-20(22)24(31)15-8-4-3-7-14(15)23(19)30/h3-9,11,13,29H,10,12H2,1-2H3. The molecule has 8 nitrogen and oxygen atoms in total. The van der Waals surface area contributed by atoms with Gasteiger partial charge in [-0.3, -0.25) is 9.59 Å². The van der Waals surface area contributed by atoms with Crippen LogP contribution in [0.4, 0.5) is 5.69 Å². The maximum atomic E-state index is 13.8. The number of anilines is 1. The van der Waals surface area contributed by atoms with Crippen molar-refractivity contribution in [1.29, 1.82) is 0 Å². The topological polar surface area (TPSA) is 110 Å². The summed E-state index contributed by atoms with van der Waals surface area (Å²) in [6.07, 6.45) is 5.99. The number of esters is 2. The molecule has 0 saturated carbocycles. The van der Waals surface area contributed by atoms with E-state index < -0.39 is 23.5 Å². The van der Waals surface area contributed by atoms with Crippen LogP contribution in [0.3, 0.4) is 0 Å². The first-order valence-corrected chi connectivity index (χ1v) is 12.8. The Morgan fingerprint density at radius 3 is 2.25 bits per heavy atom. The Hall–Kier alpha value is -3.63. The highest BCUT2D eigenvalue weighted by molar-refractivity contribution is 9.09. The Morgan fingerprint density at radius 2 is 1.64 bits per heavy atom. The number of nitrogens with zero attached hydrogens (tertiary/aromatic N) is 1. The van der Waals surface area contributed by atoms with Crippen LogP contribution in [0.15, 0.2) is 70.9 Å². The summed E-state index contributed by atoms with van der Waals surface area (Å²) >= 11 is 4.67. The zero-order chi connectivity index (χ0) is 26.0. The molecule has 1 aliphatic heterocycles. The highest BCUT2D eigenvalue weighted by Crippen LogP contribution is 2.46. The van der Waals surface area contributed by atoms with Crippen molar-refractivity contribution in [2.75, 3.05) is 30.2 Å². The van der Waals surface area contributed by atoms with Gasteiger partial charge in [0.25, 0.3) is 0 Å². The van der Waals surface area contributed by atoms with E-state index in [9.17, 15) is 24.3 Å². The molecule has 0 saturated heterocycles. The summed E-state index contributed by atoms with van der Waals surface area (Å²) < 4.78 is 9.87. The van der Waals surface area contributed by atoms with Crippen LogP contribution in [0.25, 0.3) is 0 Å². The molecule has 2 aromatic carbocycles. The molecule has 1 aliphatic carbocycles. The van der Waals surface area contributed by atoms with Crippen LogP contribution in [0.5, 0.6) is 5.75 Å². The van der Waals surface area contributed by atoms with E-state index in [0.717, 1.165) is 0 Å². The summed E-state index contributed by atoms with van der Waals surface area (Å²) in [5, 5.41) is 11.5. The quantitative estimate of drug-likeness (QED) is 0.266. The van der Waals surface area contributed by atoms with Gasteiger partial charge in [-0.25, -0.2) is 9.59 Å². The minimum absolute atomic E-state index is 0.0760. The lowest BCUT2D eigenvalue weighted by atomic mass is 9.82. The van der Waals surface area contributed by atoms with Gasteiger partial charge in [0.1, 0.15) is 11.4 Å². The van der Waals surface area contributed by atoms with E-state index in [-0.39, 0.29) is 45.0 Å². The van der Waals surface area contributed by atoms with Crippen molar-refractivity contribution in [3.63, 3.8) is 0 Å². The second kappa shape index (κ2) is 10.5. The fourth-order valence-corrected chi connectivity index (χ4v) is 5.38. The van der Waals surface area contributed by atoms with Crippen molar-refractivity contribution >= 4 is 56.9 Å². The zero-order valence-electron chi connectivity index (χ0n) is 19.2. The number of phenolic OH excluding ortho intramolecular Hbond substituents is 1. The summed E-state index contributed by atoms with van der Waals surface area (Å²) in [4.78, 5) is 54.7. The molecular weight excluding hydrogens is 550 g/mol. The molecule has 0 spiro atoms. The Balaban J connectivity index is 2.10. The van der Waals surface area contributed by atoms with Crippen LogP contribution in [-0.4, -0.2) is 53.9 Å². The predicted octanol–water partition coefficient (Wildman–Crippen LogP) is 4.14. The lowest BCUT2D eigenvalue weighted by Crippen LogP contribution is -2.31. The Kier molecular flexibility index (Phi) is 7.46. The molecule has 2 aliphatic rings. The van der Waals surface area contributed by atoms with Crippen molar-refractivity contribution in [3.8, 4) is 5.75 Å².